The molecule has 0 spiro atoms. The lowest BCUT2D eigenvalue weighted by atomic mass is 10.1. The molecule has 1 aliphatic rings. The van der Waals surface area contributed by atoms with Gasteiger partial charge in [-0.3, -0.25) is 4.79 Å². The Hall–Kier alpha value is -1.59. The van der Waals surface area contributed by atoms with Gasteiger partial charge < -0.3 is 10.3 Å². The van der Waals surface area contributed by atoms with Crippen LogP contribution in [0.2, 0.25) is 0 Å². The average Bonchev–Trinajstić information content (AvgIpc) is 2.94. The minimum absolute atomic E-state index is 0.0260. The predicted octanol–water partition coefficient (Wildman–Crippen LogP) is 6.13. The third-order valence-electron chi connectivity index (χ3n) is 4.99. The molecule has 2 N–H and O–H groups in total. The Balaban J connectivity index is 1.71. The Labute approximate surface area is 160 Å². The van der Waals surface area contributed by atoms with E-state index in [1.807, 2.05) is 32.0 Å². The van der Waals surface area contributed by atoms with Crippen LogP contribution in [0, 0.1) is 13.8 Å². The minimum Gasteiger partial charge on any atom is -0.357 e. The van der Waals surface area contributed by atoms with Crippen LogP contribution in [0.5, 0.6) is 0 Å². The summed E-state index contributed by atoms with van der Waals surface area (Å²) < 4.78 is 2.33. The van der Waals surface area contributed by atoms with E-state index in [-0.39, 0.29) is 5.91 Å². The number of hydrogen-bond donors (Lipinski definition) is 2. The minimum atomic E-state index is -0.0260. The fourth-order valence-corrected chi connectivity index (χ4v) is 5.14. The van der Waals surface area contributed by atoms with E-state index in [0.29, 0.717) is 0 Å². The van der Waals surface area contributed by atoms with Gasteiger partial charge in [0.1, 0.15) is 0 Å². The van der Waals surface area contributed by atoms with Crippen molar-refractivity contribution in [3.05, 3.63) is 49.9 Å². The van der Waals surface area contributed by atoms with Crippen molar-refractivity contribution in [2.75, 3.05) is 5.32 Å². The fraction of sp³-hybridized carbons (Fsp3) is 0.350. The predicted molar refractivity (Wildman–Crippen MR) is 109 cm³/mol. The lowest BCUT2D eigenvalue weighted by Crippen LogP contribution is -2.12. The molecule has 0 saturated carbocycles. The monoisotopic (exact) mass is 416 g/mol. The fourth-order valence-electron chi connectivity index (χ4n) is 3.69. The number of amides is 1. The van der Waals surface area contributed by atoms with Crippen LogP contribution in [0.25, 0.3) is 10.2 Å². The molecule has 0 bridgehead atoms. The number of halogens is 1. The second-order valence-electron chi connectivity index (χ2n) is 6.80. The highest BCUT2D eigenvalue weighted by atomic mass is 79.9. The van der Waals surface area contributed by atoms with Crippen LogP contribution in [0.4, 0.5) is 5.69 Å². The number of rotatable bonds is 2. The Morgan fingerprint density at radius 1 is 1.20 bits per heavy atom. The van der Waals surface area contributed by atoms with Crippen molar-refractivity contribution >= 4 is 49.1 Å². The van der Waals surface area contributed by atoms with Crippen LogP contribution in [0.1, 0.15) is 51.3 Å². The van der Waals surface area contributed by atoms with E-state index in [0.717, 1.165) is 44.5 Å². The summed E-state index contributed by atoms with van der Waals surface area (Å²) in [7, 11) is 0. The molecule has 0 aliphatic heterocycles. The van der Waals surface area contributed by atoms with Gasteiger partial charge in [-0.05, 0) is 68.9 Å². The molecule has 130 valence electrons. The molecule has 2 aromatic heterocycles. The van der Waals surface area contributed by atoms with Crippen LogP contribution < -0.4 is 5.32 Å². The number of aromatic nitrogens is 1. The first-order chi connectivity index (χ1) is 12.0. The number of carbonyl (C=O) groups excluding carboxylic acids is 1. The van der Waals surface area contributed by atoms with Crippen molar-refractivity contribution in [3.8, 4) is 0 Å². The van der Waals surface area contributed by atoms with Crippen LogP contribution in [-0.4, -0.2) is 10.9 Å². The van der Waals surface area contributed by atoms with Gasteiger partial charge in [0.15, 0.2) is 0 Å². The summed E-state index contributed by atoms with van der Waals surface area (Å²) in [6.07, 6.45) is 6.01. The zero-order chi connectivity index (χ0) is 17.6. The highest BCUT2D eigenvalue weighted by molar-refractivity contribution is 9.10. The lowest BCUT2D eigenvalue weighted by Gasteiger charge is -2.07. The number of aryl methyl sites for hydroxylation is 4. The molecule has 1 aromatic carbocycles. The number of thiophene rings is 1. The molecule has 1 aliphatic carbocycles. The number of anilines is 1. The number of benzene rings is 1. The summed E-state index contributed by atoms with van der Waals surface area (Å²) in [5.41, 5.74) is 6.55. The third kappa shape index (κ3) is 3.04. The first-order valence-electron chi connectivity index (χ1n) is 8.75. The van der Waals surface area contributed by atoms with Crippen molar-refractivity contribution in [3.63, 3.8) is 0 Å². The number of hydrogen-bond acceptors (Lipinski definition) is 2. The Kier molecular flexibility index (Phi) is 4.46. The van der Waals surface area contributed by atoms with Crippen LogP contribution in [0.15, 0.2) is 22.7 Å². The van der Waals surface area contributed by atoms with E-state index in [1.165, 1.54) is 35.2 Å². The number of fused-ring (bicyclic) bond motifs is 3. The van der Waals surface area contributed by atoms with Crippen LogP contribution in [0.3, 0.4) is 0 Å². The van der Waals surface area contributed by atoms with Gasteiger partial charge in [0.25, 0.3) is 5.91 Å². The molecule has 0 atom stereocenters. The van der Waals surface area contributed by atoms with Crippen molar-refractivity contribution in [1.29, 1.82) is 0 Å². The van der Waals surface area contributed by atoms with E-state index >= 15 is 0 Å². The second-order valence-corrected chi connectivity index (χ2v) is 8.88. The van der Waals surface area contributed by atoms with Crippen LogP contribution in [-0.2, 0) is 12.8 Å². The van der Waals surface area contributed by atoms with E-state index in [1.54, 1.807) is 11.3 Å². The van der Waals surface area contributed by atoms with E-state index in [9.17, 15) is 4.79 Å². The van der Waals surface area contributed by atoms with E-state index < -0.39 is 0 Å². The number of carbonyl (C=O) groups is 1. The molecular weight excluding hydrogens is 396 g/mol. The number of nitrogens with one attached hydrogen (secondary N) is 2. The SMILES string of the molecule is Cc1cc(NC(=O)c2c(C)sc3c4c([nH]c23)CCCCC4)ccc1Br. The summed E-state index contributed by atoms with van der Waals surface area (Å²) in [6.45, 7) is 4.07. The maximum absolute atomic E-state index is 13.0. The first-order valence-corrected chi connectivity index (χ1v) is 10.4. The molecule has 0 saturated heterocycles. The highest BCUT2D eigenvalue weighted by Crippen LogP contribution is 2.37. The highest BCUT2D eigenvalue weighted by Gasteiger charge is 2.23. The smallest absolute Gasteiger partial charge is 0.258 e. The molecule has 25 heavy (non-hydrogen) atoms. The largest absolute Gasteiger partial charge is 0.357 e. The van der Waals surface area contributed by atoms with E-state index in [2.05, 4.69) is 26.2 Å². The van der Waals surface area contributed by atoms with Gasteiger partial charge in [-0.2, -0.15) is 0 Å². The normalized spacial score (nSPS) is 14.4. The summed E-state index contributed by atoms with van der Waals surface area (Å²) in [5, 5.41) is 3.06. The summed E-state index contributed by atoms with van der Waals surface area (Å²) >= 11 is 5.26. The Morgan fingerprint density at radius 3 is 2.80 bits per heavy atom. The van der Waals surface area contributed by atoms with Gasteiger partial charge in [-0.25, -0.2) is 0 Å². The van der Waals surface area contributed by atoms with Crippen molar-refractivity contribution in [2.24, 2.45) is 0 Å². The molecular formula is C20H21BrN2OS. The summed E-state index contributed by atoms with van der Waals surface area (Å²) in [6, 6.07) is 5.89. The molecule has 0 radical (unpaired) electrons. The maximum Gasteiger partial charge on any atom is 0.258 e. The van der Waals surface area contributed by atoms with Crippen LogP contribution >= 0.6 is 27.3 Å². The molecule has 4 rings (SSSR count). The second kappa shape index (κ2) is 6.61. The standard InChI is InChI=1S/C20H21BrN2OS/c1-11-10-13(8-9-15(11)21)22-20(24)17-12(2)25-19-14-6-4-3-5-7-16(14)23-18(17)19/h8-10,23H,3-7H2,1-2H3,(H,22,24). The van der Waals surface area contributed by atoms with Gasteiger partial charge in [0.2, 0.25) is 0 Å². The van der Waals surface area contributed by atoms with Gasteiger partial charge in [-0.15, -0.1) is 11.3 Å². The number of aromatic amines is 1. The zero-order valence-electron chi connectivity index (χ0n) is 14.5. The van der Waals surface area contributed by atoms with Crippen molar-refractivity contribution < 1.29 is 4.79 Å². The Morgan fingerprint density at radius 2 is 2.00 bits per heavy atom. The molecule has 3 nitrogen and oxygen atoms in total. The molecule has 5 heteroatoms. The average molecular weight is 417 g/mol. The lowest BCUT2D eigenvalue weighted by molar-refractivity contribution is 0.102. The molecule has 3 aromatic rings. The van der Waals surface area contributed by atoms with Gasteiger partial charge in [-0.1, -0.05) is 22.4 Å². The zero-order valence-corrected chi connectivity index (χ0v) is 16.9. The van der Waals surface area contributed by atoms with E-state index in [4.69, 9.17) is 0 Å². The third-order valence-corrected chi connectivity index (χ3v) is 7.05. The maximum atomic E-state index is 13.0. The van der Waals surface area contributed by atoms with Gasteiger partial charge >= 0.3 is 0 Å². The molecule has 2 heterocycles. The Bertz CT molecular complexity index is 970. The molecule has 0 fully saturated rings. The number of H-pyrrole nitrogens is 1. The summed E-state index contributed by atoms with van der Waals surface area (Å²) in [4.78, 5) is 17.6. The summed E-state index contributed by atoms with van der Waals surface area (Å²) in [5.74, 6) is -0.0260. The quantitative estimate of drug-likeness (QED) is 0.484. The first kappa shape index (κ1) is 16.9. The van der Waals surface area contributed by atoms with Gasteiger partial charge in [0, 0.05) is 20.7 Å². The molecule has 0 unspecified atom stereocenters. The molecule has 1 amide bonds. The topological polar surface area (TPSA) is 44.9 Å². The van der Waals surface area contributed by atoms with Crippen molar-refractivity contribution in [1.82, 2.24) is 4.98 Å². The van der Waals surface area contributed by atoms with Crippen molar-refractivity contribution in [2.45, 2.75) is 46.0 Å². The van der Waals surface area contributed by atoms with Gasteiger partial charge in [0.05, 0.1) is 15.8 Å².